The number of hydrogen-bond acceptors (Lipinski definition) is 3. The molecule has 0 aliphatic carbocycles. The van der Waals surface area contributed by atoms with Crippen molar-refractivity contribution in [2.45, 2.75) is 9.79 Å². The molecule has 4 aromatic rings. The molecule has 0 atom stereocenters. The van der Waals surface area contributed by atoms with Crippen LogP contribution in [-0.2, 0) is 0 Å². The number of carbonyl (C=O) groups is 1. The molecule has 4 aromatic carbocycles. The number of hydrogen-bond donors (Lipinski definition) is 2. The van der Waals surface area contributed by atoms with Gasteiger partial charge < -0.3 is 10.4 Å². The highest BCUT2D eigenvalue weighted by molar-refractivity contribution is 8.00. The Labute approximate surface area is 148 Å². The van der Waals surface area contributed by atoms with Crippen LogP contribution in [0.3, 0.4) is 0 Å². The lowest BCUT2D eigenvalue weighted by Crippen LogP contribution is -2.04. The number of aromatic carboxylic acids is 1. The second-order valence-electron chi connectivity index (χ2n) is 6.04. The van der Waals surface area contributed by atoms with Gasteiger partial charge in [0.2, 0.25) is 0 Å². The Morgan fingerprint density at radius 1 is 0.880 bits per heavy atom. The molecule has 5 rings (SSSR count). The molecule has 3 nitrogen and oxygen atoms in total. The van der Waals surface area contributed by atoms with E-state index < -0.39 is 5.97 Å². The standard InChI is InChI=1S/C21H13NO2S/c23-21(24)15-7-3-5-13-9-11-17-19(18(13)15)22-16-10-8-12-4-1-2-6-14(12)20(16)25-17/h1-11,22H,(H,23,24). The van der Waals surface area contributed by atoms with Gasteiger partial charge in [0, 0.05) is 15.2 Å². The van der Waals surface area contributed by atoms with Gasteiger partial charge in [0.25, 0.3) is 0 Å². The van der Waals surface area contributed by atoms with Gasteiger partial charge in [-0.25, -0.2) is 4.79 Å². The summed E-state index contributed by atoms with van der Waals surface area (Å²) in [5.41, 5.74) is 2.22. The van der Waals surface area contributed by atoms with Crippen LogP contribution in [0.5, 0.6) is 0 Å². The van der Waals surface area contributed by atoms with E-state index in [1.54, 1.807) is 23.9 Å². The highest BCUT2D eigenvalue weighted by atomic mass is 32.2. The van der Waals surface area contributed by atoms with E-state index in [4.69, 9.17) is 0 Å². The summed E-state index contributed by atoms with van der Waals surface area (Å²) in [5, 5.41) is 17.2. The fraction of sp³-hybridized carbons (Fsp3) is 0. The number of carboxylic acids is 1. The van der Waals surface area contributed by atoms with Gasteiger partial charge in [0.15, 0.2) is 0 Å². The zero-order chi connectivity index (χ0) is 17.0. The summed E-state index contributed by atoms with van der Waals surface area (Å²) in [7, 11) is 0. The molecule has 0 radical (unpaired) electrons. The Hall–Kier alpha value is -2.98. The zero-order valence-electron chi connectivity index (χ0n) is 13.1. The normalized spacial score (nSPS) is 12.5. The van der Waals surface area contributed by atoms with E-state index in [1.807, 2.05) is 24.3 Å². The second kappa shape index (κ2) is 5.26. The third-order valence-electron chi connectivity index (χ3n) is 4.59. The van der Waals surface area contributed by atoms with E-state index in [1.165, 1.54) is 15.7 Å². The van der Waals surface area contributed by atoms with Crippen molar-refractivity contribution in [2.75, 3.05) is 5.32 Å². The first-order valence-electron chi connectivity index (χ1n) is 7.98. The summed E-state index contributed by atoms with van der Waals surface area (Å²) in [6.45, 7) is 0. The molecule has 2 N–H and O–H groups in total. The largest absolute Gasteiger partial charge is 0.478 e. The number of carboxylic acid groups (broad SMARTS) is 1. The van der Waals surface area contributed by atoms with Gasteiger partial charge >= 0.3 is 5.97 Å². The molecular weight excluding hydrogens is 330 g/mol. The summed E-state index contributed by atoms with van der Waals surface area (Å²) in [6, 6.07) is 21.9. The van der Waals surface area contributed by atoms with Gasteiger partial charge in [-0.3, -0.25) is 0 Å². The van der Waals surface area contributed by atoms with Gasteiger partial charge in [0.1, 0.15) is 0 Å². The van der Waals surface area contributed by atoms with Crippen molar-refractivity contribution in [3.8, 4) is 0 Å². The SMILES string of the molecule is O=C(O)c1cccc2ccc3c(c12)Nc1ccc2ccccc2c1S3. The summed E-state index contributed by atoms with van der Waals surface area (Å²) in [6.07, 6.45) is 0. The van der Waals surface area contributed by atoms with E-state index in [-0.39, 0.29) is 0 Å². The number of benzene rings is 4. The third-order valence-corrected chi connectivity index (χ3v) is 5.79. The average molecular weight is 343 g/mol. The molecule has 120 valence electrons. The summed E-state index contributed by atoms with van der Waals surface area (Å²) >= 11 is 1.69. The van der Waals surface area contributed by atoms with Crippen molar-refractivity contribution in [2.24, 2.45) is 0 Å². The summed E-state index contributed by atoms with van der Waals surface area (Å²) in [4.78, 5) is 13.9. The number of nitrogens with one attached hydrogen (secondary N) is 1. The predicted octanol–water partition coefficient (Wildman–Crippen LogP) is 5.90. The Morgan fingerprint density at radius 3 is 2.56 bits per heavy atom. The van der Waals surface area contributed by atoms with Crippen LogP contribution in [0.1, 0.15) is 10.4 Å². The maximum Gasteiger partial charge on any atom is 0.336 e. The van der Waals surface area contributed by atoms with Crippen molar-refractivity contribution >= 4 is 50.7 Å². The molecule has 1 aliphatic heterocycles. The summed E-state index contributed by atoms with van der Waals surface area (Å²) in [5.74, 6) is -0.907. The Balaban J connectivity index is 1.79. The minimum atomic E-state index is -0.907. The van der Waals surface area contributed by atoms with Gasteiger partial charge in [-0.1, -0.05) is 60.3 Å². The highest BCUT2D eigenvalue weighted by Gasteiger charge is 2.22. The zero-order valence-corrected chi connectivity index (χ0v) is 13.9. The second-order valence-corrected chi connectivity index (χ2v) is 7.09. The van der Waals surface area contributed by atoms with Crippen LogP contribution in [0.15, 0.2) is 76.5 Å². The van der Waals surface area contributed by atoms with Crippen molar-refractivity contribution in [1.82, 2.24) is 0 Å². The minimum Gasteiger partial charge on any atom is -0.478 e. The maximum absolute atomic E-state index is 11.7. The molecule has 0 spiro atoms. The Morgan fingerprint density at radius 2 is 1.68 bits per heavy atom. The number of rotatable bonds is 1. The Kier molecular flexibility index (Phi) is 3.02. The molecule has 4 heteroatoms. The Bertz CT molecular complexity index is 1180. The molecular formula is C21H13NO2S. The molecule has 25 heavy (non-hydrogen) atoms. The average Bonchev–Trinajstić information content (AvgIpc) is 2.65. The summed E-state index contributed by atoms with van der Waals surface area (Å²) < 4.78 is 0. The lowest BCUT2D eigenvalue weighted by atomic mass is 10.0. The third kappa shape index (κ3) is 2.11. The molecule has 0 amide bonds. The van der Waals surface area contributed by atoms with Crippen LogP contribution in [0.4, 0.5) is 11.4 Å². The van der Waals surface area contributed by atoms with Crippen LogP contribution in [0.25, 0.3) is 21.5 Å². The smallest absolute Gasteiger partial charge is 0.336 e. The molecule has 0 unspecified atom stereocenters. The van der Waals surface area contributed by atoms with Crippen LogP contribution < -0.4 is 5.32 Å². The number of fused-ring (bicyclic) bond motifs is 6. The van der Waals surface area contributed by atoms with Crippen LogP contribution in [-0.4, -0.2) is 11.1 Å². The lowest BCUT2D eigenvalue weighted by molar-refractivity contribution is 0.0699. The van der Waals surface area contributed by atoms with Crippen molar-refractivity contribution in [3.05, 3.63) is 72.3 Å². The predicted molar refractivity (Wildman–Crippen MR) is 102 cm³/mol. The first kappa shape index (κ1) is 14.4. The van der Waals surface area contributed by atoms with E-state index in [0.29, 0.717) is 5.56 Å². The molecule has 0 aromatic heterocycles. The van der Waals surface area contributed by atoms with Crippen LogP contribution in [0.2, 0.25) is 0 Å². The van der Waals surface area contributed by atoms with E-state index in [2.05, 4.69) is 35.6 Å². The van der Waals surface area contributed by atoms with Crippen molar-refractivity contribution in [1.29, 1.82) is 0 Å². The molecule has 0 bridgehead atoms. The van der Waals surface area contributed by atoms with Gasteiger partial charge in [0.05, 0.1) is 16.9 Å². The quantitative estimate of drug-likeness (QED) is 0.398. The number of anilines is 2. The van der Waals surface area contributed by atoms with Crippen molar-refractivity contribution < 1.29 is 9.90 Å². The molecule has 1 aliphatic rings. The van der Waals surface area contributed by atoms with Gasteiger partial charge in [-0.05, 0) is 34.4 Å². The van der Waals surface area contributed by atoms with Gasteiger partial charge in [-0.15, -0.1) is 0 Å². The highest BCUT2D eigenvalue weighted by Crippen LogP contribution is 2.50. The molecule has 0 saturated carbocycles. The molecule has 0 saturated heterocycles. The maximum atomic E-state index is 11.7. The topological polar surface area (TPSA) is 49.3 Å². The minimum absolute atomic E-state index is 0.326. The molecule has 1 heterocycles. The fourth-order valence-corrected chi connectivity index (χ4v) is 4.58. The van der Waals surface area contributed by atoms with E-state index in [9.17, 15) is 9.90 Å². The fourth-order valence-electron chi connectivity index (χ4n) is 3.44. The monoisotopic (exact) mass is 343 g/mol. The first-order valence-corrected chi connectivity index (χ1v) is 8.80. The van der Waals surface area contributed by atoms with Crippen LogP contribution >= 0.6 is 11.8 Å². The lowest BCUT2D eigenvalue weighted by Gasteiger charge is -2.24. The first-order chi connectivity index (χ1) is 12.2. The van der Waals surface area contributed by atoms with Crippen molar-refractivity contribution in [3.63, 3.8) is 0 Å². The van der Waals surface area contributed by atoms with E-state index >= 15 is 0 Å². The van der Waals surface area contributed by atoms with Crippen LogP contribution in [0, 0.1) is 0 Å². The molecule has 0 fully saturated rings. The van der Waals surface area contributed by atoms with E-state index in [0.717, 1.165) is 27.0 Å². The van der Waals surface area contributed by atoms with Gasteiger partial charge in [-0.2, -0.15) is 0 Å².